The van der Waals surface area contributed by atoms with Gasteiger partial charge in [0.2, 0.25) is 0 Å². The van der Waals surface area contributed by atoms with Gasteiger partial charge < -0.3 is 4.57 Å². The van der Waals surface area contributed by atoms with Crippen LogP contribution in [0.1, 0.15) is 21.5 Å². The van der Waals surface area contributed by atoms with Crippen LogP contribution in [0.3, 0.4) is 0 Å². The zero-order valence-electron chi connectivity index (χ0n) is 17.6. The van der Waals surface area contributed by atoms with Gasteiger partial charge in [0.15, 0.2) is 4.80 Å². The lowest BCUT2D eigenvalue weighted by Gasteiger charge is -2.08. The Morgan fingerprint density at radius 3 is 2.28 bits per heavy atom. The predicted octanol–water partition coefficient (Wildman–Crippen LogP) is 4.54. The summed E-state index contributed by atoms with van der Waals surface area (Å²) < 4.78 is 43.2. The number of benzene rings is 3. The van der Waals surface area contributed by atoms with Gasteiger partial charge in [-0.15, -0.1) is 0 Å². The molecule has 0 bridgehead atoms. The van der Waals surface area contributed by atoms with Crippen molar-refractivity contribution in [2.45, 2.75) is 18.7 Å². The summed E-state index contributed by atoms with van der Waals surface area (Å²) in [4.78, 5) is 17.5. The molecule has 1 aromatic heterocycles. The molecule has 1 heterocycles. The van der Waals surface area contributed by atoms with Gasteiger partial charge in [-0.1, -0.05) is 11.3 Å². The second kappa shape index (κ2) is 8.33. The van der Waals surface area contributed by atoms with Crippen LogP contribution < -0.4 is 9.52 Å². The third-order valence-corrected chi connectivity index (χ3v) is 7.62. The second-order valence-corrected chi connectivity index (χ2v) is 10.1. The summed E-state index contributed by atoms with van der Waals surface area (Å²) in [5, 5.41) is 0. The third kappa shape index (κ3) is 4.35. The van der Waals surface area contributed by atoms with Crippen molar-refractivity contribution in [2.24, 2.45) is 12.0 Å². The average Bonchev–Trinajstić information content (AvgIpc) is 3.03. The highest BCUT2D eigenvalue weighted by molar-refractivity contribution is 7.92. The minimum absolute atomic E-state index is 0.0585. The second-order valence-electron chi connectivity index (χ2n) is 7.40. The minimum Gasteiger partial charge on any atom is -0.319 e. The van der Waals surface area contributed by atoms with Gasteiger partial charge in [0.25, 0.3) is 15.9 Å². The maximum Gasteiger partial charge on any atom is 0.279 e. The predicted molar refractivity (Wildman–Crippen MR) is 124 cm³/mol. The number of amides is 1. The maximum absolute atomic E-state index is 13.0. The summed E-state index contributed by atoms with van der Waals surface area (Å²) >= 11 is 1.44. The highest BCUT2D eigenvalue weighted by atomic mass is 32.2. The number of aryl methyl sites for hydroxylation is 3. The molecule has 3 aromatic carbocycles. The van der Waals surface area contributed by atoms with E-state index in [0.29, 0.717) is 10.4 Å². The van der Waals surface area contributed by atoms with E-state index in [1.165, 1.54) is 58.9 Å². The summed E-state index contributed by atoms with van der Waals surface area (Å²) in [5.41, 5.74) is 3.97. The number of carbonyl (C=O) groups excluding carboxylic acids is 1. The molecule has 1 amide bonds. The Balaban J connectivity index is 1.58. The van der Waals surface area contributed by atoms with Crippen molar-refractivity contribution in [1.29, 1.82) is 0 Å². The molecule has 0 spiro atoms. The van der Waals surface area contributed by atoms with Crippen molar-refractivity contribution in [1.82, 2.24) is 4.57 Å². The average molecular weight is 470 g/mol. The van der Waals surface area contributed by atoms with Gasteiger partial charge in [0, 0.05) is 18.3 Å². The van der Waals surface area contributed by atoms with E-state index in [-0.39, 0.29) is 10.6 Å². The Morgan fingerprint density at radius 1 is 1.00 bits per heavy atom. The summed E-state index contributed by atoms with van der Waals surface area (Å²) in [7, 11) is -2.00. The first-order valence-electron chi connectivity index (χ1n) is 9.68. The van der Waals surface area contributed by atoms with E-state index in [4.69, 9.17) is 0 Å². The summed E-state index contributed by atoms with van der Waals surface area (Å²) in [6.07, 6.45) is 0. The van der Waals surface area contributed by atoms with Gasteiger partial charge in [-0.25, -0.2) is 12.8 Å². The van der Waals surface area contributed by atoms with Crippen LogP contribution in [0.4, 0.5) is 10.1 Å². The van der Waals surface area contributed by atoms with Gasteiger partial charge in [0.1, 0.15) is 5.82 Å². The number of thiazole rings is 1. The summed E-state index contributed by atoms with van der Waals surface area (Å²) in [6, 6.07) is 14.7. The van der Waals surface area contributed by atoms with Crippen molar-refractivity contribution in [2.75, 3.05) is 4.72 Å². The van der Waals surface area contributed by atoms with Crippen LogP contribution >= 0.6 is 11.3 Å². The number of nitrogens with one attached hydrogen (secondary N) is 1. The number of rotatable bonds is 4. The topological polar surface area (TPSA) is 80.5 Å². The molecular formula is C23H20FN3O3S2. The molecule has 0 aliphatic carbocycles. The standard InChI is InChI=1S/C23H20FN3O3S2/c1-14-12-20-21(13-15(14)2)31-23(27(20)3)25-22(28)16-4-8-18(9-5-16)26-32(29,30)19-10-6-17(24)7-11-19/h4-13,26H,1-3H3. The SMILES string of the molecule is Cc1cc2sc(=NC(=O)c3ccc(NS(=O)(=O)c4ccc(F)cc4)cc3)n(C)c2cc1C. The monoisotopic (exact) mass is 469 g/mol. The zero-order chi connectivity index (χ0) is 23.0. The summed E-state index contributed by atoms with van der Waals surface area (Å²) in [6.45, 7) is 4.09. The van der Waals surface area contributed by atoms with Crippen molar-refractivity contribution < 1.29 is 17.6 Å². The van der Waals surface area contributed by atoms with Crippen molar-refractivity contribution in [3.63, 3.8) is 0 Å². The zero-order valence-corrected chi connectivity index (χ0v) is 19.2. The number of halogens is 1. The molecule has 32 heavy (non-hydrogen) atoms. The Labute approximate surface area is 188 Å². The summed E-state index contributed by atoms with van der Waals surface area (Å²) in [5.74, 6) is -0.943. The molecule has 6 nitrogen and oxygen atoms in total. The third-order valence-electron chi connectivity index (χ3n) is 5.13. The number of aromatic nitrogens is 1. The minimum atomic E-state index is -3.87. The van der Waals surface area contributed by atoms with Crippen LogP contribution in [0, 0.1) is 19.7 Å². The number of hydrogen-bond donors (Lipinski definition) is 1. The molecular weight excluding hydrogens is 449 g/mol. The Hall–Kier alpha value is -3.30. The molecule has 0 radical (unpaired) electrons. The lowest BCUT2D eigenvalue weighted by atomic mass is 10.1. The lowest BCUT2D eigenvalue weighted by molar-refractivity contribution is 0.0998. The fourth-order valence-electron chi connectivity index (χ4n) is 3.15. The van der Waals surface area contributed by atoms with E-state index in [1.54, 1.807) is 0 Å². The number of hydrogen-bond acceptors (Lipinski definition) is 4. The quantitative estimate of drug-likeness (QED) is 0.477. The van der Waals surface area contributed by atoms with Gasteiger partial charge in [-0.2, -0.15) is 4.99 Å². The highest BCUT2D eigenvalue weighted by Gasteiger charge is 2.15. The van der Waals surface area contributed by atoms with Gasteiger partial charge in [0.05, 0.1) is 15.1 Å². The molecule has 0 fully saturated rings. The number of carbonyl (C=O) groups is 1. The van der Waals surface area contributed by atoms with Crippen LogP contribution in [0.2, 0.25) is 0 Å². The number of sulfonamides is 1. The highest BCUT2D eigenvalue weighted by Crippen LogP contribution is 2.21. The molecule has 1 N–H and O–H groups in total. The fourth-order valence-corrected chi connectivity index (χ4v) is 5.30. The van der Waals surface area contributed by atoms with Gasteiger partial charge in [-0.3, -0.25) is 9.52 Å². The van der Waals surface area contributed by atoms with Crippen molar-refractivity contribution >= 4 is 43.2 Å². The first kappa shape index (κ1) is 21.9. The van der Waals surface area contributed by atoms with E-state index < -0.39 is 21.7 Å². The van der Waals surface area contributed by atoms with E-state index in [0.717, 1.165) is 22.3 Å². The molecule has 0 aliphatic heterocycles. The molecule has 164 valence electrons. The lowest BCUT2D eigenvalue weighted by Crippen LogP contribution is -2.14. The number of fused-ring (bicyclic) bond motifs is 1. The van der Waals surface area contributed by atoms with E-state index in [2.05, 4.69) is 21.8 Å². The first-order valence-corrected chi connectivity index (χ1v) is 12.0. The largest absolute Gasteiger partial charge is 0.319 e. The van der Waals surface area contributed by atoms with Crippen LogP contribution in [-0.4, -0.2) is 18.9 Å². The van der Waals surface area contributed by atoms with E-state index >= 15 is 0 Å². The van der Waals surface area contributed by atoms with Crippen molar-refractivity contribution in [3.8, 4) is 0 Å². The first-order chi connectivity index (χ1) is 15.1. The smallest absolute Gasteiger partial charge is 0.279 e. The van der Waals surface area contributed by atoms with Gasteiger partial charge >= 0.3 is 0 Å². The fraction of sp³-hybridized carbons (Fsp3) is 0.130. The normalized spacial score (nSPS) is 12.3. The van der Waals surface area contributed by atoms with Crippen LogP contribution in [0.15, 0.2) is 70.6 Å². The molecule has 0 atom stereocenters. The number of anilines is 1. The molecule has 0 aliphatic rings. The molecule has 4 aromatic rings. The Kier molecular flexibility index (Phi) is 5.70. The molecule has 0 saturated carbocycles. The molecule has 0 saturated heterocycles. The van der Waals surface area contributed by atoms with E-state index in [1.807, 2.05) is 25.5 Å². The van der Waals surface area contributed by atoms with Crippen LogP contribution in [0.5, 0.6) is 0 Å². The van der Waals surface area contributed by atoms with Gasteiger partial charge in [-0.05, 0) is 85.6 Å². The molecule has 0 unspecified atom stereocenters. The van der Waals surface area contributed by atoms with E-state index in [9.17, 15) is 17.6 Å². The van der Waals surface area contributed by atoms with Crippen LogP contribution in [-0.2, 0) is 17.1 Å². The van der Waals surface area contributed by atoms with Crippen molar-refractivity contribution in [3.05, 3.63) is 88.0 Å². The van der Waals surface area contributed by atoms with Crippen LogP contribution in [0.25, 0.3) is 10.2 Å². The Bertz CT molecular complexity index is 1500. The Morgan fingerprint density at radius 2 is 1.62 bits per heavy atom. The molecule has 9 heteroatoms. The maximum atomic E-state index is 13.0. The molecule has 4 rings (SSSR count). The number of nitrogens with zero attached hydrogens (tertiary/aromatic N) is 2.